The predicted molar refractivity (Wildman–Crippen MR) is 41.6 cm³/mol. The zero-order valence-electron chi connectivity index (χ0n) is 5.10. The van der Waals surface area contributed by atoms with Gasteiger partial charge in [0.2, 0.25) is 5.91 Å². The Bertz CT molecular complexity index is 154. The standard InChI is InChI=1S/C5H6BrClN2O/c6-4(7)1-2-5(10)9-3-8/h4H,1-2H2,(H,9,10). The summed E-state index contributed by atoms with van der Waals surface area (Å²) in [5, 5.41) is 9.96. The number of carbonyl (C=O) groups is 1. The summed E-state index contributed by atoms with van der Waals surface area (Å²) in [6.45, 7) is 0. The number of hydrogen-bond acceptors (Lipinski definition) is 2. The van der Waals surface area contributed by atoms with E-state index >= 15 is 0 Å². The lowest BCUT2D eigenvalue weighted by molar-refractivity contribution is -0.120. The second kappa shape index (κ2) is 5.51. The van der Waals surface area contributed by atoms with E-state index in [0.717, 1.165) is 0 Å². The van der Waals surface area contributed by atoms with Gasteiger partial charge in [-0.15, -0.1) is 11.6 Å². The lowest BCUT2D eigenvalue weighted by Crippen LogP contribution is -2.17. The van der Waals surface area contributed by atoms with Crippen LogP contribution in [0.5, 0.6) is 0 Å². The van der Waals surface area contributed by atoms with Crippen molar-refractivity contribution in [3.63, 3.8) is 0 Å². The first-order valence-corrected chi connectivity index (χ1v) is 3.98. The maximum Gasteiger partial charge on any atom is 0.233 e. The van der Waals surface area contributed by atoms with E-state index in [0.29, 0.717) is 6.42 Å². The highest BCUT2D eigenvalue weighted by atomic mass is 79.9. The summed E-state index contributed by atoms with van der Waals surface area (Å²) >= 11 is 8.53. The molecular weight excluding hydrogens is 219 g/mol. The van der Waals surface area contributed by atoms with E-state index in [4.69, 9.17) is 16.9 Å². The average Bonchev–Trinajstić information content (AvgIpc) is 1.85. The van der Waals surface area contributed by atoms with Crippen molar-refractivity contribution in [3.8, 4) is 6.19 Å². The normalized spacial score (nSPS) is 11.7. The van der Waals surface area contributed by atoms with Crippen LogP contribution >= 0.6 is 27.5 Å². The summed E-state index contributed by atoms with van der Waals surface area (Å²) in [6, 6.07) is 0. The van der Waals surface area contributed by atoms with E-state index in [1.54, 1.807) is 0 Å². The second-order valence-corrected chi connectivity index (χ2v) is 3.75. The van der Waals surface area contributed by atoms with Gasteiger partial charge in [0, 0.05) is 6.42 Å². The van der Waals surface area contributed by atoms with Crippen molar-refractivity contribution in [3.05, 3.63) is 0 Å². The number of nitrogens with zero attached hydrogens (tertiary/aromatic N) is 1. The van der Waals surface area contributed by atoms with E-state index in [1.807, 2.05) is 5.32 Å². The Hall–Kier alpha value is -0.270. The maximum atomic E-state index is 10.5. The van der Waals surface area contributed by atoms with Crippen molar-refractivity contribution in [1.82, 2.24) is 5.32 Å². The fourth-order valence-electron chi connectivity index (χ4n) is 0.365. The molecule has 0 aromatic carbocycles. The van der Waals surface area contributed by atoms with Gasteiger partial charge in [-0.25, -0.2) is 0 Å². The zero-order chi connectivity index (χ0) is 7.98. The number of amides is 1. The van der Waals surface area contributed by atoms with E-state index in [-0.39, 0.29) is 16.6 Å². The van der Waals surface area contributed by atoms with Crippen molar-refractivity contribution in [2.75, 3.05) is 0 Å². The van der Waals surface area contributed by atoms with Gasteiger partial charge in [-0.1, -0.05) is 15.9 Å². The summed E-state index contributed by atoms with van der Waals surface area (Å²) < 4.78 is -0.197. The van der Waals surface area contributed by atoms with Gasteiger partial charge in [0.05, 0.1) is 4.29 Å². The van der Waals surface area contributed by atoms with Gasteiger partial charge < -0.3 is 0 Å². The third kappa shape index (κ3) is 5.86. The molecule has 0 aromatic heterocycles. The molecule has 0 spiro atoms. The third-order valence-electron chi connectivity index (χ3n) is 0.785. The van der Waals surface area contributed by atoms with Gasteiger partial charge in [-0.3, -0.25) is 10.1 Å². The molecule has 0 aliphatic carbocycles. The summed E-state index contributed by atoms with van der Waals surface area (Å²) in [4.78, 5) is 10.5. The molecule has 0 heterocycles. The number of nitriles is 1. The van der Waals surface area contributed by atoms with Crippen LogP contribution in [0.3, 0.4) is 0 Å². The van der Waals surface area contributed by atoms with E-state index in [1.165, 1.54) is 6.19 Å². The number of nitrogens with one attached hydrogen (secondary N) is 1. The summed E-state index contributed by atoms with van der Waals surface area (Å²) in [5.41, 5.74) is 0. The maximum absolute atomic E-state index is 10.5. The molecule has 0 saturated carbocycles. The van der Waals surface area contributed by atoms with Crippen LogP contribution in [0.1, 0.15) is 12.8 Å². The van der Waals surface area contributed by atoms with Crippen LogP contribution < -0.4 is 5.32 Å². The molecule has 1 atom stereocenters. The molecule has 10 heavy (non-hydrogen) atoms. The zero-order valence-corrected chi connectivity index (χ0v) is 7.44. The quantitative estimate of drug-likeness (QED) is 0.447. The first-order chi connectivity index (χ1) is 4.66. The molecule has 1 N–H and O–H groups in total. The molecular formula is C5H6BrClN2O. The van der Waals surface area contributed by atoms with Crippen molar-refractivity contribution >= 4 is 33.4 Å². The van der Waals surface area contributed by atoms with Crippen LogP contribution in [0.25, 0.3) is 0 Å². The highest BCUT2D eigenvalue weighted by Gasteiger charge is 2.03. The van der Waals surface area contributed by atoms with E-state index in [9.17, 15) is 4.79 Å². The Kier molecular flexibility index (Phi) is 5.36. The SMILES string of the molecule is N#CNC(=O)CCC(Cl)Br. The van der Waals surface area contributed by atoms with E-state index < -0.39 is 0 Å². The van der Waals surface area contributed by atoms with Crippen molar-refractivity contribution in [1.29, 1.82) is 5.26 Å². The smallest absolute Gasteiger partial charge is 0.233 e. The largest absolute Gasteiger partial charge is 0.274 e. The Morgan fingerprint density at radius 2 is 2.50 bits per heavy atom. The Morgan fingerprint density at radius 1 is 1.90 bits per heavy atom. The first kappa shape index (κ1) is 9.73. The lowest BCUT2D eigenvalue weighted by atomic mass is 10.3. The molecule has 0 rings (SSSR count). The minimum Gasteiger partial charge on any atom is -0.274 e. The second-order valence-electron chi connectivity index (χ2n) is 1.59. The fourth-order valence-corrected chi connectivity index (χ4v) is 0.703. The van der Waals surface area contributed by atoms with Crippen LogP contribution in [0.15, 0.2) is 0 Å². The molecule has 1 amide bonds. The molecule has 0 bridgehead atoms. The highest BCUT2D eigenvalue weighted by Crippen LogP contribution is 2.11. The molecule has 0 fully saturated rings. The van der Waals surface area contributed by atoms with Gasteiger partial charge in [0.25, 0.3) is 0 Å². The minimum atomic E-state index is -0.299. The number of hydrogen-bond donors (Lipinski definition) is 1. The van der Waals surface area contributed by atoms with Gasteiger partial charge in [0.1, 0.15) is 0 Å². The number of rotatable bonds is 3. The van der Waals surface area contributed by atoms with Gasteiger partial charge in [-0.2, -0.15) is 5.26 Å². The monoisotopic (exact) mass is 224 g/mol. The number of alkyl halides is 2. The molecule has 1 unspecified atom stereocenters. The molecule has 0 aliphatic heterocycles. The van der Waals surface area contributed by atoms with Crippen molar-refractivity contribution in [2.45, 2.75) is 17.1 Å². The summed E-state index contributed by atoms with van der Waals surface area (Å²) in [6.07, 6.45) is 2.33. The minimum absolute atomic E-state index is 0.197. The van der Waals surface area contributed by atoms with Gasteiger partial charge in [-0.05, 0) is 6.42 Å². The highest BCUT2D eigenvalue weighted by molar-refractivity contribution is 9.10. The van der Waals surface area contributed by atoms with E-state index in [2.05, 4.69) is 15.9 Å². The molecule has 0 aromatic rings. The van der Waals surface area contributed by atoms with Crippen LogP contribution in [-0.2, 0) is 4.79 Å². The van der Waals surface area contributed by atoms with Crippen LogP contribution in [0.4, 0.5) is 0 Å². The molecule has 0 aliphatic rings. The van der Waals surface area contributed by atoms with Crippen LogP contribution in [0, 0.1) is 11.5 Å². The van der Waals surface area contributed by atoms with Crippen LogP contribution in [-0.4, -0.2) is 10.2 Å². The molecule has 56 valence electrons. The number of carbonyl (C=O) groups excluding carboxylic acids is 1. The third-order valence-corrected chi connectivity index (χ3v) is 1.46. The summed E-state index contributed by atoms with van der Waals surface area (Å²) in [7, 11) is 0. The lowest BCUT2D eigenvalue weighted by Gasteiger charge is -1.97. The van der Waals surface area contributed by atoms with Crippen molar-refractivity contribution < 1.29 is 4.79 Å². The first-order valence-electron chi connectivity index (χ1n) is 2.63. The number of halogens is 2. The van der Waals surface area contributed by atoms with Crippen LogP contribution in [0.2, 0.25) is 0 Å². The fraction of sp³-hybridized carbons (Fsp3) is 0.600. The Balaban J connectivity index is 3.33. The summed E-state index contributed by atoms with van der Waals surface area (Å²) in [5.74, 6) is -0.299. The Morgan fingerprint density at radius 3 is 2.90 bits per heavy atom. The predicted octanol–water partition coefficient (Wildman–Crippen LogP) is 1.32. The van der Waals surface area contributed by atoms with Gasteiger partial charge >= 0.3 is 0 Å². The topological polar surface area (TPSA) is 52.9 Å². The van der Waals surface area contributed by atoms with Gasteiger partial charge in [0.15, 0.2) is 6.19 Å². The Labute approximate surface area is 72.5 Å². The van der Waals surface area contributed by atoms with Crippen molar-refractivity contribution in [2.24, 2.45) is 0 Å². The average molecular weight is 225 g/mol. The molecule has 5 heteroatoms. The molecule has 0 saturated heterocycles. The molecule has 0 radical (unpaired) electrons. The molecule has 3 nitrogen and oxygen atoms in total.